The van der Waals surface area contributed by atoms with Crippen LogP contribution in [0.25, 0.3) is 0 Å². The van der Waals surface area contributed by atoms with Crippen molar-refractivity contribution < 1.29 is 31.5 Å². The lowest BCUT2D eigenvalue weighted by molar-refractivity contribution is -0.139. The molecule has 2 aromatic rings. The first-order valence-electron chi connectivity index (χ1n) is 13.9. The van der Waals surface area contributed by atoms with Gasteiger partial charge in [0.05, 0.1) is 29.3 Å². The fourth-order valence-electron chi connectivity index (χ4n) is 5.21. The summed E-state index contributed by atoms with van der Waals surface area (Å²) in [5.41, 5.74) is 0.241. The van der Waals surface area contributed by atoms with Crippen LogP contribution in [0.3, 0.4) is 0 Å². The molecule has 13 heteroatoms. The van der Waals surface area contributed by atoms with Gasteiger partial charge in [0, 0.05) is 62.4 Å². The molecule has 3 N–H and O–H groups in total. The zero-order chi connectivity index (χ0) is 30.6. The quantitative estimate of drug-likeness (QED) is 0.321. The van der Waals surface area contributed by atoms with Crippen molar-refractivity contribution in [1.82, 2.24) is 15.5 Å². The summed E-state index contributed by atoms with van der Waals surface area (Å²) in [4.78, 5) is 28.9. The second kappa shape index (κ2) is 13.6. The summed E-state index contributed by atoms with van der Waals surface area (Å²) in [5, 5.41) is 8.56. The maximum absolute atomic E-state index is 15.0. The van der Waals surface area contributed by atoms with Crippen molar-refractivity contribution in [3.63, 3.8) is 0 Å². The number of alkyl halides is 3. The lowest BCUT2D eigenvalue weighted by Gasteiger charge is -2.43. The third kappa shape index (κ3) is 8.11. The van der Waals surface area contributed by atoms with Crippen molar-refractivity contribution in [3.8, 4) is 0 Å². The van der Waals surface area contributed by atoms with Gasteiger partial charge in [0.1, 0.15) is 0 Å². The van der Waals surface area contributed by atoms with E-state index in [1.165, 1.54) is 6.07 Å². The molecule has 0 unspecified atom stereocenters. The molecule has 1 atom stereocenters. The van der Waals surface area contributed by atoms with Crippen LogP contribution in [-0.4, -0.2) is 68.2 Å². The van der Waals surface area contributed by atoms with Crippen LogP contribution in [0, 0.1) is 23.5 Å². The Morgan fingerprint density at radius 1 is 1.10 bits per heavy atom. The van der Waals surface area contributed by atoms with E-state index in [1.807, 2.05) is 23.6 Å². The monoisotopic (exact) mass is 615 g/mol. The second-order valence-corrected chi connectivity index (χ2v) is 11.7. The third-order valence-electron chi connectivity index (χ3n) is 7.59. The fourth-order valence-corrected chi connectivity index (χ4v) is 5.37. The maximum Gasteiger partial charge on any atom is 0.390 e. The van der Waals surface area contributed by atoms with Gasteiger partial charge in [-0.05, 0) is 36.6 Å². The van der Waals surface area contributed by atoms with E-state index in [1.54, 1.807) is 18.2 Å². The minimum Gasteiger partial charge on any atom is -0.367 e. The molecule has 2 fully saturated rings. The zero-order valence-corrected chi connectivity index (χ0v) is 24.2. The summed E-state index contributed by atoms with van der Waals surface area (Å²) < 4.78 is 68.6. The van der Waals surface area contributed by atoms with Crippen LogP contribution in [-0.2, 0) is 11.3 Å². The van der Waals surface area contributed by atoms with Crippen molar-refractivity contribution in [2.24, 2.45) is 11.8 Å². The first-order valence-corrected chi connectivity index (χ1v) is 14.3. The Labute approximate surface area is 246 Å². The summed E-state index contributed by atoms with van der Waals surface area (Å²) >= 11 is 6.27. The number of carbonyl (C=O) groups is 2. The molecule has 2 heterocycles. The highest BCUT2D eigenvalue weighted by Gasteiger charge is 2.33. The minimum atomic E-state index is -4.25. The average molecular weight is 616 g/mol. The molecule has 2 aromatic carbocycles. The van der Waals surface area contributed by atoms with Gasteiger partial charge in [-0.15, -0.1) is 0 Å². The first kappa shape index (κ1) is 32.0. The Kier molecular flexibility index (Phi) is 10.3. The molecule has 0 spiro atoms. The van der Waals surface area contributed by atoms with Crippen LogP contribution >= 0.6 is 11.6 Å². The van der Waals surface area contributed by atoms with E-state index < -0.39 is 35.7 Å². The molecule has 0 radical (unpaired) electrons. The van der Waals surface area contributed by atoms with Gasteiger partial charge in [-0.2, -0.15) is 13.2 Å². The van der Waals surface area contributed by atoms with E-state index in [4.69, 9.17) is 11.6 Å². The van der Waals surface area contributed by atoms with Crippen LogP contribution < -0.4 is 20.9 Å². The Morgan fingerprint density at radius 2 is 1.83 bits per heavy atom. The van der Waals surface area contributed by atoms with Gasteiger partial charge in [0.15, 0.2) is 11.6 Å². The number of hydrogen-bond donors (Lipinski definition) is 3. The van der Waals surface area contributed by atoms with E-state index in [0.29, 0.717) is 55.5 Å². The minimum absolute atomic E-state index is 0.0866. The topological polar surface area (TPSA) is 76.7 Å². The number of nitrogens with one attached hydrogen (secondary N) is 3. The highest BCUT2D eigenvalue weighted by atomic mass is 35.5. The van der Waals surface area contributed by atoms with E-state index in [2.05, 4.69) is 16.0 Å². The molecular formula is C29H35ClF5N5O2. The van der Waals surface area contributed by atoms with Gasteiger partial charge in [-0.25, -0.2) is 8.78 Å². The third-order valence-corrected chi connectivity index (χ3v) is 7.83. The number of amides is 2. The lowest BCUT2D eigenvalue weighted by Crippen LogP contribution is -2.54. The molecular weight excluding hydrogens is 581 g/mol. The van der Waals surface area contributed by atoms with E-state index in [-0.39, 0.29) is 42.4 Å². The van der Waals surface area contributed by atoms with Gasteiger partial charge < -0.3 is 20.9 Å². The molecule has 2 saturated heterocycles. The molecule has 230 valence electrons. The Morgan fingerprint density at radius 3 is 2.48 bits per heavy atom. The number of halogens is 6. The predicted molar refractivity (Wildman–Crippen MR) is 152 cm³/mol. The van der Waals surface area contributed by atoms with Gasteiger partial charge >= 0.3 is 6.18 Å². The Balaban J connectivity index is 1.48. The first-order chi connectivity index (χ1) is 19.8. The number of hydrogen-bond acceptors (Lipinski definition) is 5. The van der Waals surface area contributed by atoms with E-state index in [0.717, 1.165) is 6.07 Å². The maximum atomic E-state index is 15.0. The Bertz CT molecular complexity index is 1290. The summed E-state index contributed by atoms with van der Waals surface area (Å²) in [5.74, 6) is -3.67. The molecule has 0 saturated carbocycles. The highest BCUT2D eigenvalue weighted by Crippen LogP contribution is 2.33. The Hall–Kier alpha value is -2.96. The van der Waals surface area contributed by atoms with Gasteiger partial charge in [-0.3, -0.25) is 14.5 Å². The van der Waals surface area contributed by atoms with Crippen molar-refractivity contribution in [2.45, 2.75) is 45.5 Å². The molecule has 0 bridgehead atoms. The summed E-state index contributed by atoms with van der Waals surface area (Å²) in [6.07, 6.45) is -4.48. The molecule has 0 aliphatic carbocycles. The summed E-state index contributed by atoms with van der Waals surface area (Å²) in [6.45, 7) is 5.92. The smallest absolute Gasteiger partial charge is 0.367 e. The van der Waals surface area contributed by atoms with Crippen molar-refractivity contribution in [1.29, 1.82) is 0 Å². The molecule has 2 amide bonds. The van der Waals surface area contributed by atoms with Gasteiger partial charge in [-0.1, -0.05) is 31.5 Å². The van der Waals surface area contributed by atoms with Crippen LogP contribution in [0.15, 0.2) is 30.3 Å². The van der Waals surface area contributed by atoms with E-state index in [9.17, 15) is 31.5 Å². The van der Waals surface area contributed by atoms with Crippen LogP contribution in [0.4, 0.5) is 33.3 Å². The van der Waals surface area contributed by atoms with Gasteiger partial charge in [0.25, 0.3) is 5.91 Å². The number of carbonyl (C=O) groups excluding carboxylic acids is 2. The summed E-state index contributed by atoms with van der Waals surface area (Å²) in [7, 11) is 0. The summed E-state index contributed by atoms with van der Waals surface area (Å²) in [6, 6.07) is 6.99. The SMILES string of the molecule is CC(C)C[C@H]1CN(c2cc(Cl)ccc2NC(=O)c2ccc(CNC(=O)C3CNC3)c(F)c2F)CCN1CCC(F)(F)F. The van der Waals surface area contributed by atoms with Crippen LogP contribution in [0.5, 0.6) is 0 Å². The molecule has 4 rings (SSSR count). The number of benzene rings is 2. The van der Waals surface area contributed by atoms with Crippen molar-refractivity contribution in [2.75, 3.05) is 49.5 Å². The number of anilines is 2. The molecule has 42 heavy (non-hydrogen) atoms. The number of piperazine rings is 1. The van der Waals surface area contributed by atoms with Crippen molar-refractivity contribution in [3.05, 3.63) is 58.1 Å². The number of rotatable bonds is 10. The number of nitrogens with zero attached hydrogens (tertiary/aromatic N) is 2. The fraction of sp³-hybridized carbons (Fsp3) is 0.517. The molecule has 2 aliphatic rings. The van der Waals surface area contributed by atoms with Crippen molar-refractivity contribution >= 4 is 34.8 Å². The molecule has 7 nitrogen and oxygen atoms in total. The second-order valence-electron chi connectivity index (χ2n) is 11.2. The molecule has 0 aromatic heterocycles. The largest absolute Gasteiger partial charge is 0.390 e. The predicted octanol–water partition coefficient (Wildman–Crippen LogP) is 5.20. The van der Waals surface area contributed by atoms with Crippen LogP contribution in [0.1, 0.15) is 42.6 Å². The van der Waals surface area contributed by atoms with Gasteiger partial charge in [0.2, 0.25) is 5.91 Å². The lowest BCUT2D eigenvalue weighted by atomic mass is 9.99. The zero-order valence-electron chi connectivity index (χ0n) is 23.5. The van der Waals surface area contributed by atoms with Crippen LogP contribution in [0.2, 0.25) is 5.02 Å². The van der Waals surface area contributed by atoms with E-state index >= 15 is 0 Å². The standard InChI is InChI=1S/C29H35ClF5N5O2/c1-17(2)11-21-16-40(10-9-39(21)8-7-29(33,34)35)24-12-20(30)4-6-23(24)38-28(42)22-5-3-18(25(31)26(22)32)15-37-27(41)19-13-36-14-19/h3-6,12,17,19,21,36H,7-11,13-16H2,1-2H3,(H,37,41)(H,38,42)/t21-/m0/s1. The average Bonchev–Trinajstić information content (AvgIpc) is 2.88. The molecule has 2 aliphatic heterocycles. The normalized spacial score (nSPS) is 18.2. The highest BCUT2D eigenvalue weighted by molar-refractivity contribution is 6.31.